The Balaban J connectivity index is 0.00000200. The summed E-state index contributed by atoms with van der Waals surface area (Å²) in [7, 11) is 1.33. The molecule has 0 bridgehead atoms. The van der Waals surface area contributed by atoms with E-state index in [0.717, 1.165) is 0 Å². The second kappa shape index (κ2) is 7.20. The number of halogens is 4. The number of rotatable bonds is 2. The first-order valence-electron chi connectivity index (χ1n) is 5.98. The minimum atomic E-state index is -0.793. The highest BCUT2D eigenvalue weighted by atomic mass is 35.5. The van der Waals surface area contributed by atoms with Crippen LogP contribution in [0.3, 0.4) is 0 Å². The van der Waals surface area contributed by atoms with E-state index in [1.54, 1.807) is 0 Å². The summed E-state index contributed by atoms with van der Waals surface area (Å²) in [5.41, 5.74) is 0.452. The second-order valence-corrected chi connectivity index (χ2v) is 4.93. The fourth-order valence-corrected chi connectivity index (χ4v) is 2.44. The van der Waals surface area contributed by atoms with Crippen molar-refractivity contribution >= 4 is 30.0 Å². The minimum Gasteiger partial charge on any atom is -0.469 e. The lowest BCUT2D eigenvalue weighted by molar-refractivity contribution is -0.146. The van der Waals surface area contributed by atoms with E-state index in [1.165, 1.54) is 19.2 Å². The summed E-state index contributed by atoms with van der Waals surface area (Å²) in [6.45, 7) is 0.594. The van der Waals surface area contributed by atoms with Crippen LogP contribution in [0.25, 0.3) is 0 Å². The Morgan fingerprint density at radius 1 is 1.40 bits per heavy atom. The summed E-state index contributed by atoms with van der Waals surface area (Å²) in [5.74, 6) is -2.13. The molecule has 0 aliphatic carbocycles. The van der Waals surface area contributed by atoms with Gasteiger partial charge in [-0.05, 0) is 37.1 Å². The molecule has 1 aliphatic rings. The van der Waals surface area contributed by atoms with Crippen molar-refractivity contribution in [1.82, 2.24) is 5.32 Å². The van der Waals surface area contributed by atoms with Crippen LogP contribution >= 0.6 is 24.0 Å². The van der Waals surface area contributed by atoms with Crippen LogP contribution in [0.2, 0.25) is 5.02 Å². The SMILES string of the molecule is COC(=O)C1CCNC(c2cc(F)c(Cl)c(F)c2)C1.Cl. The van der Waals surface area contributed by atoms with Gasteiger partial charge in [0.1, 0.15) is 16.7 Å². The van der Waals surface area contributed by atoms with Crippen LogP contribution in [0, 0.1) is 17.6 Å². The quantitative estimate of drug-likeness (QED) is 0.670. The van der Waals surface area contributed by atoms with E-state index < -0.39 is 16.7 Å². The number of piperidine rings is 1. The van der Waals surface area contributed by atoms with E-state index in [1.807, 2.05) is 0 Å². The van der Waals surface area contributed by atoms with Crippen molar-refractivity contribution in [3.05, 3.63) is 34.4 Å². The number of benzene rings is 1. The van der Waals surface area contributed by atoms with Gasteiger partial charge in [-0.25, -0.2) is 8.78 Å². The number of nitrogens with one attached hydrogen (secondary N) is 1. The Kier molecular flexibility index (Phi) is 6.17. The zero-order valence-corrected chi connectivity index (χ0v) is 12.4. The van der Waals surface area contributed by atoms with Gasteiger partial charge in [0, 0.05) is 6.04 Å². The Morgan fingerprint density at radius 3 is 2.55 bits per heavy atom. The van der Waals surface area contributed by atoms with Crippen LogP contribution in [0.1, 0.15) is 24.4 Å². The molecule has 0 spiro atoms. The molecule has 1 aliphatic heterocycles. The lowest BCUT2D eigenvalue weighted by Gasteiger charge is -2.29. The van der Waals surface area contributed by atoms with Crippen molar-refractivity contribution < 1.29 is 18.3 Å². The Hall–Kier alpha value is -0.910. The van der Waals surface area contributed by atoms with Crippen LogP contribution in [0.15, 0.2) is 12.1 Å². The van der Waals surface area contributed by atoms with E-state index in [-0.39, 0.29) is 30.3 Å². The number of methoxy groups -OCH3 is 1. The van der Waals surface area contributed by atoms with Crippen LogP contribution < -0.4 is 5.32 Å². The summed E-state index contributed by atoms with van der Waals surface area (Å²) in [4.78, 5) is 11.5. The first-order valence-corrected chi connectivity index (χ1v) is 6.36. The molecule has 20 heavy (non-hydrogen) atoms. The van der Waals surface area contributed by atoms with Gasteiger partial charge in [0.05, 0.1) is 13.0 Å². The smallest absolute Gasteiger partial charge is 0.308 e. The molecule has 0 radical (unpaired) electrons. The second-order valence-electron chi connectivity index (χ2n) is 4.55. The molecule has 112 valence electrons. The molecule has 1 saturated heterocycles. The molecule has 1 fully saturated rings. The number of esters is 1. The fraction of sp³-hybridized carbons (Fsp3) is 0.462. The molecule has 2 rings (SSSR count). The molecule has 1 N–H and O–H groups in total. The number of hydrogen-bond donors (Lipinski definition) is 1. The van der Waals surface area contributed by atoms with Gasteiger partial charge in [-0.2, -0.15) is 0 Å². The molecule has 2 unspecified atom stereocenters. The molecule has 0 amide bonds. The summed E-state index contributed by atoms with van der Waals surface area (Å²) < 4.78 is 31.6. The van der Waals surface area contributed by atoms with Crippen molar-refractivity contribution in [2.24, 2.45) is 5.92 Å². The highest BCUT2D eigenvalue weighted by Crippen LogP contribution is 2.31. The molecule has 2 atom stereocenters. The van der Waals surface area contributed by atoms with Crippen molar-refractivity contribution in [3.63, 3.8) is 0 Å². The first-order chi connectivity index (χ1) is 9.02. The van der Waals surface area contributed by atoms with Crippen molar-refractivity contribution in [2.75, 3.05) is 13.7 Å². The van der Waals surface area contributed by atoms with E-state index in [4.69, 9.17) is 16.3 Å². The fourth-order valence-electron chi connectivity index (χ4n) is 2.33. The highest BCUT2D eigenvalue weighted by Gasteiger charge is 2.29. The summed E-state index contributed by atoms with van der Waals surface area (Å²) in [6, 6.07) is 2.12. The van der Waals surface area contributed by atoms with Gasteiger partial charge >= 0.3 is 5.97 Å². The van der Waals surface area contributed by atoms with Gasteiger partial charge in [-0.1, -0.05) is 11.6 Å². The zero-order valence-electron chi connectivity index (χ0n) is 10.8. The van der Waals surface area contributed by atoms with Crippen molar-refractivity contribution in [3.8, 4) is 0 Å². The maximum absolute atomic E-state index is 13.4. The summed E-state index contributed by atoms with van der Waals surface area (Å²) >= 11 is 5.45. The molecule has 1 aromatic rings. The third kappa shape index (κ3) is 3.59. The maximum atomic E-state index is 13.4. The third-order valence-electron chi connectivity index (χ3n) is 3.35. The molecule has 7 heteroatoms. The van der Waals surface area contributed by atoms with Crippen LogP contribution in [0.4, 0.5) is 8.78 Å². The van der Waals surface area contributed by atoms with Gasteiger partial charge in [-0.3, -0.25) is 4.79 Å². The van der Waals surface area contributed by atoms with E-state index in [9.17, 15) is 13.6 Å². The average Bonchev–Trinajstić information content (AvgIpc) is 2.43. The minimum absolute atomic E-state index is 0. The Labute approximate surface area is 127 Å². The molecule has 1 heterocycles. The molecular formula is C13H15Cl2F2NO2. The van der Waals surface area contributed by atoms with Gasteiger partial charge in [-0.15, -0.1) is 12.4 Å². The molecule has 3 nitrogen and oxygen atoms in total. The van der Waals surface area contributed by atoms with Crippen LogP contribution in [-0.4, -0.2) is 19.6 Å². The Bertz CT molecular complexity index is 476. The summed E-state index contributed by atoms with van der Waals surface area (Å²) in [6.07, 6.45) is 1.11. The normalized spacial score (nSPS) is 22.0. The molecular weight excluding hydrogens is 311 g/mol. The predicted molar refractivity (Wildman–Crippen MR) is 74.1 cm³/mol. The standard InChI is InChI=1S/C13H14ClF2NO2.ClH/c1-19-13(18)7-2-3-17-11(6-7)8-4-9(15)12(14)10(16)5-8;/h4-5,7,11,17H,2-3,6H2,1H3;1H. The third-order valence-corrected chi connectivity index (χ3v) is 3.71. The van der Waals surface area contributed by atoms with Gasteiger partial charge in [0.15, 0.2) is 0 Å². The molecule has 0 saturated carbocycles. The monoisotopic (exact) mass is 325 g/mol. The van der Waals surface area contributed by atoms with Crippen LogP contribution in [-0.2, 0) is 9.53 Å². The van der Waals surface area contributed by atoms with Crippen LogP contribution in [0.5, 0.6) is 0 Å². The average molecular weight is 326 g/mol. The van der Waals surface area contributed by atoms with Gasteiger partial charge < -0.3 is 10.1 Å². The number of carbonyl (C=O) groups is 1. The topological polar surface area (TPSA) is 38.3 Å². The lowest BCUT2D eigenvalue weighted by Crippen LogP contribution is -2.35. The van der Waals surface area contributed by atoms with Gasteiger partial charge in [0.25, 0.3) is 0 Å². The first kappa shape index (κ1) is 17.1. The lowest BCUT2D eigenvalue weighted by atomic mass is 9.89. The maximum Gasteiger partial charge on any atom is 0.308 e. The van der Waals surface area contributed by atoms with E-state index in [0.29, 0.717) is 24.9 Å². The number of carbonyl (C=O) groups excluding carboxylic acids is 1. The molecule has 1 aromatic carbocycles. The van der Waals surface area contributed by atoms with E-state index >= 15 is 0 Å². The molecule has 0 aromatic heterocycles. The van der Waals surface area contributed by atoms with Crippen molar-refractivity contribution in [1.29, 1.82) is 0 Å². The summed E-state index contributed by atoms with van der Waals surface area (Å²) in [5, 5.41) is 2.62. The van der Waals surface area contributed by atoms with Gasteiger partial charge in [0.2, 0.25) is 0 Å². The Morgan fingerprint density at radius 2 is 2.00 bits per heavy atom. The largest absolute Gasteiger partial charge is 0.469 e. The van der Waals surface area contributed by atoms with E-state index in [2.05, 4.69) is 5.32 Å². The predicted octanol–water partition coefficient (Wildman–Crippen LogP) is 3.25. The number of hydrogen-bond acceptors (Lipinski definition) is 3. The number of ether oxygens (including phenoxy) is 1. The highest BCUT2D eigenvalue weighted by molar-refractivity contribution is 6.30. The van der Waals surface area contributed by atoms with Crippen molar-refractivity contribution in [2.45, 2.75) is 18.9 Å². The zero-order chi connectivity index (χ0) is 14.0.